The van der Waals surface area contributed by atoms with E-state index in [4.69, 9.17) is 0 Å². The Labute approximate surface area is 172 Å². The molecule has 0 fully saturated rings. The molecule has 0 saturated heterocycles. The summed E-state index contributed by atoms with van der Waals surface area (Å²) in [5.74, 6) is 0.521. The Morgan fingerprint density at radius 3 is 2.83 bits per heavy atom. The molecule has 4 aromatic rings. The van der Waals surface area contributed by atoms with Crippen molar-refractivity contribution in [3.8, 4) is 17.1 Å². The van der Waals surface area contributed by atoms with Crippen LogP contribution in [-0.2, 0) is 6.42 Å². The lowest BCUT2D eigenvalue weighted by Gasteiger charge is -2.12. The molecule has 1 N–H and O–H groups in total. The molecule has 0 aliphatic rings. The smallest absolute Gasteiger partial charge is 0.255 e. The lowest BCUT2D eigenvalue weighted by Crippen LogP contribution is -2.27. The van der Waals surface area contributed by atoms with Crippen molar-refractivity contribution in [3.63, 3.8) is 0 Å². The van der Waals surface area contributed by atoms with Gasteiger partial charge in [-0.15, -0.1) is 11.3 Å². The van der Waals surface area contributed by atoms with Gasteiger partial charge in [-0.05, 0) is 37.6 Å². The van der Waals surface area contributed by atoms with Crippen LogP contribution in [0.25, 0.3) is 17.1 Å². The summed E-state index contributed by atoms with van der Waals surface area (Å²) in [5, 5.41) is 10.2. The quantitative estimate of drug-likeness (QED) is 0.528. The first-order valence-corrected chi connectivity index (χ1v) is 10.2. The Balaban J connectivity index is 1.53. The monoisotopic (exact) mass is 404 g/mol. The van der Waals surface area contributed by atoms with E-state index in [1.54, 1.807) is 29.5 Å². The highest BCUT2D eigenvalue weighted by molar-refractivity contribution is 7.10. The highest BCUT2D eigenvalue weighted by Crippen LogP contribution is 2.25. The fourth-order valence-corrected chi connectivity index (χ4v) is 3.88. The van der Waals surface area contributed by atoms with Crippen molar-refractivity contribution >= 4 is 17.2 Å². The van der Waals surface area contributed by atoms with Crippen LogP contribution in [0.1, 0.15) is 40.9 Å². The summed E-state index contributed by atoms with van der Waals surface area (Å²) < 4.78 is 1.71. The van der Waals surface area contributed by atoms with Gasteiger partial charge in [0.2, 0.25) is 0 Å². The summed E-state index contributed by atoms with van der Waals surface area (Å²) >= 11 is 1.52. The number of carbonyl (C=O) groups excluding carboxylic acids is 1. The van der Waals surface area contributed by atoms with Crippen LogP contribution in [0, 0.1) is 0 Å². The van der Waals surface area contributed by atoms with Gasteiger partial charge in [0, 0.05) is 29.5 Å². The number of nitrogens with one attached hydrogen (secondary N) is 1. The topological polar surface area (TPSA) is 85.6 Å². The molecular formula is C21H20N6OS. The number of pyridine rings is 2. The molecule has 0 bridgehead atoms. The average molecular weight is 404 g/mol. The van der Waals surface area contributed by atoms with Crippen LogP contribution in [-0.4, -0.2) is 30.6 Å². The molecule has 1 unspecified atom stereocenters. The highest BCUT2D eigenvalue weighted by Gasteiger charge is 2.21. The van der Waals surface area contributed by atoms with Crippen molar-refractivity contribution in [2.24, 2.45) is 0 Å². The minimum Gasteiger partial charge on any atom is -0.343 e. The van der Waals surface area contributed by atoms with Gasteiger partial charge in [0.1, 0.15) is 5.01 Å². The number of amides is 1. The third-order valence-corrected chi connectivity index (χ3v) is 5.54. The summed E-state index contributed by atoms with van der Waals surface area (Å²) in [5.41, 5.74) is 3.19. The average Bonchev–Trinajstić information content (AvgIpc) is 3.42. The maximum absolute atomic E-state index is 12.9. The van der Waals surface area contributed by atoms with E-state index >= 15 is 0 Å². The zero-order valence-corrected chi connectivity index (χ0v) is 16.9. The van der Waals surface area contributed by atoms with Gasteiger partial charge in [0.15, 0.2) is 5.82 Å². The molecule has 1 amide bonds. The number of aromatic nitrogens is 5. The molecule has 0 radical (unpaired) electrons. The summed E-state index contributed by atoms with van der Waals surface area (Å²) in [7, 11) is 0. The molecule has 4 aromatic heterocycles. The van der Waals surface area contributed by atoms with Crippen LogP contribution >= 0.6 is 11.3 Å². The van der Waals surface area contributed by atoms with Crippen molar-refractivity contribution in [1.82, 2.24) is 30.0 Å². The van der Waals surface area contributed by atoms with Gasteiger partial charge >= 0.3 is 0 Å². The fourth-order valence-electron chi connectivity index (χ4n) is 3.05. The molecule has 7 nitrogen and oxygen atoms in total. The third-order valence-electron chi connectivity index (χ3n) is 4.51. The van der Waals surface area contributed by atoms with Crippen LogP contribution in [0.2, 0.25) is 0 Å². The number of carbonyl (C=O) groups is 1. The molecule has 0 aliphatic heterocycles. The van der Waals surface area contributed by atoms with Crippen molar-refractivity contribution in [2.75, 3.05) is 0 Å². The Hall–Kier alpha value is -3.39. The van der Waals surface area contributed by atoms with E-state index in [1.165, 1.54) is 11.3 Å². The summed E-state index contributed by atoms with van der Waals surface area (Å²) in [6, 6.07) is 9.24. The second-order valence-electron chi connectivity index (χ2n) is 6.47. The lowest BCUT2D eigenvalue weighted by molar-refractivity contribution is 0.0939. The molecule has 8 heteroatoms. The van der Waals surface area contributed by atoms with Gasteiger partial charge < -0.3 is 5.32 Å². The molecule has 0 saturated carbocycles. The number of nitrogens with zero attached hydrogens (tertiary/aromatic N) is 5. The largest absolute Gasteiger partial charge is 0.343 e. The van der Waals surface area contributed by atoms with Gasteiger partial charge in [-0.2, -0.15) is 5.10 Å². The Bertz CT molecular complexity index is 1110. The first-order valence-electron chi connectivity index (χ1n) is 9.32. The molecule has 4 heterocycles. The fraction of sp³-hybridized carbons (Fsp3) is 0.190. The van der Waals surface area contributed by atoms with Gasteiger partial charge in [-0.1, -0.05) is 13.0 Å². The highest BCUT2D eigenvalue weighted by atomic mass is 32.1. The summed E-state index contributed by atoms with van der Waals surface area (Å²) in [6.45, 7) is 3.93. The van der Waals surface area contributed by atoms with Crippen molar-refractivity contribution < 1.29 is 4.79 Å². The standard InChI is InChI=1S/C21H20N6OS/c1-3-18-16(12-24-27(18)19-8-4-5-10-23-19)20(28)25-14(2)21-26-17(13-29-21)15-7-6-9-22-11-15/h4-14H,3H2,1-2H3,(H,25,28). The number of hydrogen-bond donors (Lipinski definition) is 1. The van der Waals surface area contributed by atoms with E-state index in [0.29, 0.717) is 17.8 Å². The molecule has 0 aliphatic carbocycles. The van der Waals surface area contributed by atoms with Gasteiger partial charge in [-0.25, -0.2) is 14.6 Å². The van der Waals surface area contributed by atoms with Gasteiger partial charge in [-0.3, -0.25) is 9.78 Å². The van der Waals surface area contributed by atoms with Crippen LogP contribution in [0.4, 0.5) is 0 Å². The predicted molar refractivity (Wildman–Crippen MR) is 112 cm³/mol. The molecule has 0 aromatic carbocycles. The second kappa shape index (κ2) is 8.32. The van der Waals surface area contributed by atoms with Crippen molar-refractivity contribution in [3.05, 3.63) is 76.8 Å². The first kappa shape index (κ1) is 18.9. The second-order valence-corrected chi connectivity index (χ2v) is 7.36. The maximum Gasteiger partial charge on any atom is 0.255 e. The van der Waals surface area contributed by atoms with E-state index in [0.717, 1.165) is 22.0 Å². The van der Waals surface area contributed by atoms with Crippen molar-refractivity contribution in [2.45, 2.75) is 26.3 Å². The van der Waals surface area contributed by atoms with Gasteiger partial charge in [0.25, 0.3) is 5.91 Å². The predicted octanol–water partition coefficient (Wildman–Crippen LogP) is 3.84. The van der Waals surface area contributed by atoms with E-state index < -0.39 is 0 Å². The van der Waals surface area contributed by atoms with Crippen LogP contribution in [0.5, 0.6) is 0 Å². The maximum atomic E-state index is 12.9. The molecule has 4 rings (SSSR count). The molecule has 146 valence electrons. The molecule has 0 spiro atoms. The third kappa shape index (κ3) is 3.93. The van der Waals surface area contributed by atoms with Crippen molar-refractivity contribution in [1.29, 1.82) is 0 Å². The zero-order chi connectivity index (χ0) is 20.2. The van der Waals surface area contributed by atoms with Gasteiger partial charge in [0.05, 0.1) is 29.2 Å². The normalized spacial score (nSPS) is 11.9. The number of rotatable bonds is 6. The van der Waals surface area contributed by atoms with E-state index in [-0.39, 0.29) is 11.9 Å². The Morgan fingerprint density at radius 1 is 1.21 bits per heavy atom. The minimum atomic E-state index is -0.221. The molecule has 1 atom stereocenters. The van der Waals surface area contributed by atoms with E-state index in [9.17, 15) is 4.79 Å². The van der Waals surface area contributed by atoms with E-state index in [2.05, 4.69) is 25.4 Å². The Morgan fingerprint density at radius 2 is 2.10 bits per heavy atom. The number of hydrogen-bond acceptors (Lipinski definition) is 6. The SMILES string of the molecule is CCc1c(C(=O)NC(C)c2nc(-c3cccnc3)cs2)cnn1-c1ccccn1. The minimum absolute atomic E-state index is 0.172. The lowest BCUT2D eigenvalue weighted by atomic mass is 10.2. The van der Waals surface area contributed by atoms with Crippen LogP contribution < -0.4 is 5.32 Å². The zero-order valence-electron chi connectivity index (χ0n) is 16.1. The summed E-state index contributed by atoms with van der Waals surface area (Å²) in [6.07, 6.45) is 7.48. The Kier molecular flexibility index (Phi) is 5.44. The number of thiazole rings is 1. The summed E-state index contributed by atoms with van der Waals surface area (Å²) in [4.78, 5) is 26.0. The first-order chi connectivity index (χ1) is 14.2. The van der Waals surface area contributed by atoms with Crippen LogP contribution in [0.3, 0.4) is 0 Å². The van der Waals surface area contributed by atoms with Crippen LogP contribution in [0.15, 0.2) is 60.5 Å². The van der Waals surface area contributed by atoms with E-state index in [1.807, 2.05) is 49.6 Å². The molecule has 29 heavy (non-hydrogen) atoms. The molecular weight excluding hydrogens is 384 g/mol.